The molecular formula is C11H19NO5. The molecule has 6 heteroatoms. The van der Waals surface area contributed by atoms with E-state index in [0.717, 1.165) is 0 Å². The number of amides is 1. The third-order valence-corrected chi connectivity index (χ3v) is 2.46. The molecule has 1 heterocycles. The molecule has 0 aromatic rings. The molecule has 0 aliphatic carbocycles. The van der Waals surface area contributed by atoms with E-state index in [-0.39, 0.29) is 12.0 Å². The lowest BCUT2D eigenvalue weighted by Gasteiger charge is -2.17. The van der Waals surface area contributed by atoms with Crippen LogP contribution in [0.5, 0.6) is 0 Å². The second kappa shape index (κ2) is 6.44. The Kier molecular flexibility index (Phi) is 5.21. The number of carbonyl (C=O) groups is 2. The SMILES string of the molecule is CC(C)C[C@H](NC(=O)O[C@H]1CCOC1)C(=O)O. The van der Waals surface area contributed by atoms with Crippen LogP contribution in [0.2, 0.25) is 0 Å². The number of ether oxygens (including phenoxy) is 2. The van der Waals surface area contributed by atoms with Crippen LogP contribution in [0, 0.1) is 5.92 Å². The number of hydrogen-bond donors (Lipinski definition) is 2. The fraction of sp³-hybridized carbons (Fsp3) is 0.818. The Balaban J connectivity index is 2.37. The molecule has 0 radical (unpaired) electrons. The van der Waals surface area contributed by atoms with Crippen LogP contribution in [-0.2, 0) is 14.3 Å². The van der Waals surface area contributed by atoms with Crippen LogP contribution in [0.25, 0.3) is 0 Å². The van der Waals surface area contributed by atoms with Crippen LogP contribution in [-0.4, -0.2) is 42.5 Å². The average molecular weight is 245 g/mol. The maximum Gasteiger partial charge on any atom is 0.408 e. The van der Waals surface area contributed by atoms with Gasteiger partial charge in [-0.2, -0.15) is 0 Å². The molecule has 0 aromatic carbocycles. The van der Waals surface area contributed by atoms with E-state index in [2.05, 4.69) is 5.32 Å². The van der Waals surface area contributed by atoms with E-state index in [1.54, 1.807) is 0 Å². The molecule has 0 saturated carbocycles. The van der Waals surface area contributed by atoms with Crippen molar-refractivity contribution >= 4 is 12.1 Å². The van der Waals surface area contributed by atoms with Crippen molar-refractivity contribution in [3.05, 3.63) is 0 Å². The molecule has 0 aromatic heterocycles. The molecule has 2 N–H and O–H groups in total. The highest BCUT2D eigenvalue weighted by Gasteiger charge is 2.25. The molecule has 0 bridgehead atoms. The highest BCUT2D eigenvalue weighted by Crippen LogP contribution is 2.09. The quantitative estimate of drug-likeness (QED) is 0.754. The molecule has 2 atom stereocenters. The predicted molar refractivity (Wildman–Crippen MR) is 59.7 cm³/mol. The van der Waals surface area contributed by atoms with Crippen molar-refractivity contribution in [2.24, 2.45) is 5.92 Å². The van der Waals surface area contributed by atoms with Gasteiger partial charge in [0.15, 0.2) is 0 Å². The van der Waals surface area contributed by atoms with Gasteiger partial charge in [-0.25, -0.2) is 9.59 Å². The minimum Gasteiger partial charge on any atom is -0.480 e. The van der Waals surface area contributed by atoms with Gasteiger partial charge in [0.25, 0.3) is 0 Å². The fourth-order valence-corrected chi connectivity index (χ4v) is 1.63. The van der Waals surface area contributed by atoms with Gasteiger partial charge in [-0.1, -0.05) is 13.8 Å². The fourth-order valence-electron chi connectivity index (χ4n) is 1.63. The van der Waals surface area contributed by atoms with Crippen LogP contribution in [0.4, 0.5) is 4.79 Å². The highest BCUT2D eigenvalue weighted by atomic mass is 16.6. The zero-order valence-corrected chi connectivity index (χ0v) is 10.1. The van der Waals surface area contributed by atoms with Crippen LogP contribution in [0.1, 0.15) is 26.7 Å². The van der Waals surface area contributed by atoms with E-state index in [9.17, 15) is 9.59 Å². The Morgan fingerprint density at radius 3 is 2.71 bits per heavy atom. The summed E-state index contributed by atoms with van der Waals surface area (Å²) in [6, 6.07) is -0.898. The zero-order valence-electron chi connectivity index (χ0n) is 10.1. The number of alkyl carbamates (subject to hydrolysis) is 1. The second-order valence-corrected chi connectivity index (χ2v) is 4.56. The summed E-state index contributed by atoms with van der Waals surface area (Å²) < 4.78 is 10.1. The van der Waals surface area contributed by atoms with Gasteiger partial charge in [-0.15, -0.1) is 0 Å². The Morgan fingerprint density at radius 1 is 1.53 bits per heavy atom. The lowest BCUT2D eigenvalue weighted by Crippen LogP contribution is -2.43. The second-order valence-electron chi connectivity index (χ2n) is 4.56. The van der Waals surface area contributed by atoms with E-state index in [4.69, 9.17) is 14.6 Å². The van der Waals surface area contributed by atoms with Gasteiger partial charge in [0.1, 0.15) is 12.1 Å². The lowest BCUT2D eigenvalue weighted by molar-refractivity contribution is -0.139. The number of carboxylic acids is 1. The molecule has 6 nitrogen and oxygen atoms in total. The smallest absolute Gasteiger partial charge is 0.408 e. The van der Waals surface area contributed by atoms with E-state index in [1.165, 1.54) is 0 Å². The van der Waals surface area contributed by atoms with Gasteiger partial charge in [0.05, 0.1) is 13.2 Å². The summed E-state index contributed by atoms with van der Waals surface area (Å²) in [6.07, 6.45) is 0.0954. The van der Waals surface area contributed by atoms with Crippen molar-refractivity contribution in [2.75, 3.05) is 13.2 Å². The molecule has 17 heavy (non-hydrogen) atoms. The highest BCUT2D eigenvalue weighted by molar-refractivity contribution is 5.79. The molecule has 0 spiro atoms. The molecule has 1 aliphatic rings. The third kappa shape index (κ3) is 5.04. The summed E-state index contributed by atoms with van der Waals surface area (Å²) in [5, 5.41) is 11.3. The first-order chi connectivity index (χ1) is 7.99. The first-order valence-electron chi connectivity index (χ1n) is 5.76. The summed E-state index contributed by atoms with van der Waals surface area (Å²) in [5.74, 6) is -0.857. The first kappa shape index (κ1) is 13.8. The monoisotopic (exact) mass is 245 g/mol. The minimum absolute atomic E-state index is 0.186. The number of hydrogen-bond acceptors (Lipinski definition) is 4. The standard InChI is InChI=1S/C11H19NO5/c1-7(2)5-9(10(13)14)12-11(15)17-8-3-4-16-6-8/h7-9H,3-6H2,1-2H3,(H,12,15)(H,13,14)/t8-,9-/m0/s1. The van der Waals surface area contributed by atoms with E-state index >= 15 is 0 Å². The third-order valence-electron chi connectivity index (χ3n) is 2.46. The molecule has 1 rings (SSSR count). The number of nitrogens with one attached hydrogen (secondary N) is 1. The van der Waals surface area contributed by atoms with E-state index in [1.807, 2.05) is 13.8 Å². The Bertz CT molecular complexity index is 273. The van der Waals surface area contributed by atoms with Gasteiger partial charge < -0.3 is 19.9 Å². The normalized spacial score (nSPS) is 21.2. The van der Waals surface area contributed by atoms with Gasteiger partial charge in [-0.3, -0.25) is 0 Å². The van der Waals surface area contributed by atoms with Gasteiger partial charge in [0.2, 0.25) is 0 Å². The first-order valence-corrected chi connectivity index (χ1v) is 5.76. The molecule has 1 aliphatic heterocycles. The van der Waals surface area contributed by atoms with Crippen molar-refractivity contribution in [1.82, 2.24) is 5.32 Å². The summed E-state index contributed by atoms with van der Waals surface area (Å²) in [4.78, 5) is 22.4. The predicted octanol–water partition coefficient (Wildman–Crippen LogP) is 1.00. The molecular weight excluding hydrogens is 226 g/mol. The van der Waals surface area contributed by atoms with Crippen LogP contribution >= 0.6 is 0 Å². The van der Waals surface area contributed by atoms with Crippen molar-refractivity contribution in [2.45, 2.75) is 38.8 Å². The van der Waals surface area contributed by atoms with E-state index in [0.29, 0.717) is 26.1 Å². The van der Waals surface area contributed by atoms with Crippen molar-refractivity contribution in [1.29, 1.82) is 0 Å². The number of rotatable bonds is 5. The number of aliphatic carboxylic acids is 1. The maximum atomic E-state index is 11.4. The van der Waals surface area contributed by atoms with Crippen molar-refractivity contribution < 1.29 is 24.2 Å². The average Bonchev–Trinajstić information content (AvgIpc) is 2.68. The van der Waals surface area contributed by atoms with Crippen LogP contribution < -0.4 is 5.32 Å². The Hall–Kier alpha value is -1.30. The Labute approximate surface area is 100 Å². The lowest BCUT2D eigenvalue weighted by atomic mass is 10.0. The molecule has 1 fully saturated rings. The van der Waals surface area contributed by atoms with E-state index < -0.39 is 18.1 Å². The van der Waals surface area contributed by atoms with Crippen LogP contribution in [0.3, 0.4) is 0 Å². The topological polar surface area (TPSA) is 84.9 Å². The number of carbonyl (C=O) groups excluding carboxylic acids is 1. The van der Waals surface area contributed by atoms with Crippen molar-refractivity contribution in [3.63, 3.8) is 0 Å². The number of carboxylic acid groups (broad SMARTS) is 1. The van der Waals surface area contributed by atoms with Gasteiger partial charge >= 0.3 is 12.1 Å². The summed E-state index contributed by atoms with van der Waals surface area (Å²) in [6.45, 7) is 4.75. The minimum atomic E-state index is -1.04. The zero-order chi connectivity index (χ0) is 12.8. The molecule has 1 amide bonds. The maximum absolute atomic E-state index is 11.4. The molecule has 0 unspecified atom stereocenters. The molecule has 98 valence electrons. The van der Waals surface area contributed by atoms with Crippen molar-refractivity contribution in [3.8, 4) is 0 Å². The van der Waals surface area contributed by atoms with Gasteiger partial charge in [-0.05, 0) is 12.3 Å². The summed E-state index contributed by atoms with van der Waals surface area (Å²) >= 11 is 0. The summed E-state index contributed by atoms with van der Waals surface area (Å²) in [7, 11) is 0. The summed E-state index contributed by atoms with van der Waals surface area (Å²) in [5.41, 5.74) is 0. The largest absolute Gasteiger partial charge is 0.480 e. The van der Waals surface area contributed by atoms with Gasteiger partial charge in [0, 0.05) is 6.42 Å². The van der Waals surface area contributed by atoms with Crippen LogP contribution in [0.15, 0.2) is 0 Å². The molecule has 1 saturated heterocycles. The Morgan fingerprint density at radius 2 is 2.24 bits per heavy atom.